The summed E-state index contributed by atoms with van der Waals surface area (Å²) >= 11 is 0. The molecule has 0 aliphatic rings. The van der Waals surface area contributed by atoms with Gasteiger partial charge in [0, 0.05) is 19.1 Å². The summed E-state index contributed by atoms with van der Waals surface area (Å²) in [6.45, 7) is 3.39. The van der Waals surface area contributed by atoms with Gasteiger partial charge < -0.3 is 5.32 Å². The fourth-order valence-electron chi connectivity index (χ4n) is 2.00. The number of hydrogen-bond donors (Lipinski definition) is 1. The lowest BCUT2D eigenvalue weighted by atomic mass is 10.2. The summed E-state index contributed by atoms with van der Waals surface area (Å²) in [7, 11) is 2.00. The smallest absolute Gasteiger partial charge is 0.367 e. The summed E-state index contributed by atoms with van der Waals surface area (Å²) in [5.74, 6) is 0.331. The number of likely N-dealkylation sites (N-methyl/N-ethyl adjacent to an activating group) is 1. The quantitative estimate of drug-likeness (QED) is 0.884. The van der Waals surface area contributed by atoms with Crippen LogP contribution in [0.15, 0.2) is 42.7 Å². The number of rotatable bonds is 6. The molecule has 0 saturated heterocycles. The first-order chi connectivity index (χ1) is 10.9. The van der Waals surface area contributed by atoms with Crippen molar-refractivity contribution in [3.63, 3.8) is 0 Å². The van der Waals surface area contributed by atoms with E-state index in [1.165, 1.54) is 5.56 Å². The Bertz CT molecular complexity index is 599. The molecule has 4 nitrogen and oxygen atoms in total. The second kappa shape index (κ2) is 7.41. The van der Waals surface area contributed by atoms with E-state index in [2.05, 4.69) is 32.3 Å². The Balaban J connectivity index is 1.85. The highest BCUT2D eigenvalue weighted by molar-refractivity contribution is 5.31. The zero-order valence-corrected chi connectivity index (χ0v) is 13.0. The van der Waals surface area contributed by atoms with Crippen molar-refractivity contribution in [3.05, 3.63) is 54.0 Å². The predicted octanol–water partition coefficient (Wildman–Crippen LogP) is 3.43. The molecule has 1 heterocycles. The van der Waals surface area contributed by atoms with Gasteiger partial charge in [-0.25, -0.2) is 9.97 Å². The van der Waals surface area contributed by atoms with E-state index < -0.39 is 11.9 Å². The molecule has 7 heteroatoms. The van der Waals surface area contributed by atoms with Crippen LogP contribution < -0.4 is 5.32 Å². The largest absolute Gasteiger partial charge is 0.434 e. The van der Waals surface area contributed by atoms with Crippen LogP contribution in [0, 0.1) is 0 Å². The molecule has 2 aromatic rings. The summed E-state index contributed by atoms with van der Waals surface area (Å²) in [4.78, 5) is 9.28. The molecule has 0 spiro atoms. The molecule has 1 aromatic carbocycles. The van der Waals surface area contributed by atoms with Crippen LogP contribution in [0.2, 0.25) is 0 Å². The van der Waals surface area contributed by atoms with Gasteiger partial charge in [-0.3, -0.25) is 4.90 Å². The van der Waals surface area contributed by atoms with Crippen molar-refractivity contribution in [2.75, 3.05) is 18.9 Å². The fourth-order valence-corrected chi connectivity index (χ4v) is 2.00. The normalized spacial score (nSPS) is 13.1. The number of nitrogens with one attached hydrogen (secondary N) is 1. The molecular formula is C16H19F3N4. The molecule has 0 fully saturated rings. The van der Waals surface area contributed by atoms with E-state index in [4.69, 9.17) is 0 Å². The van der Waals surface area contributed by atoms with Gasteiger partial charge in [-0.1, -0.05) is 30.3 Å². The van der Waals surface area contributed by atoms with E-state index in [-0.39, 0.29) is 6.04 Å². The van der Waals surface area contributed by atoms with Crippen LogP contribution in [0.3, 0.4) is 0 Å². The number of alkyl halides is 3. The molecule has 0 aliphatic heterocycles. The van der Waals surface area contributed by atoms with Gasteiger partial charge in [0.2, 0.25) is 0 Å². The van der Waals surface area contributed by atoms with E-state index in [0.29, 0.717) is 12.4 Å². The maximum absolute atomic E-state index is 12.4. The first-order valence-corrected chi connectivity index (χ1v) is 7.23. The number of aromatic nitrogens is 2. The number of benzene rings is 1. The summed E-state index contributed by atoms with van der Waals surface area (Å²) in [5, 5.41) is 3.01. The Kier molecular flexibility index (Phi) is 5.54. The number of nitrogens with zero attached hydrogens (tertiary/aromatic N) is 3. The highest BCUT2D eigenvalue weighted by Gasteiger charge is 2.32. The topological polar surface area (TPSA) is 41.1 Å². The van der Waals surface area contributed by atoms with Crippen LogP contribution >= 0.6 is 0 Å². The Hall–Kier alpha value is -2.15. The van der Waals surface area contributed by atoms with Gasteiger partial charge in [0.1, 0.15) is 5.82 Å². The van der Waals surface area contributed by atoms with Crippen LogP contribution in [-0.4, -0.2) is 34.5 Å². The van der Waals surface area contributed by atoms with Gasteiger partial charge >= 0.3 is 6.18 Å². The molecule has 0 aliphatic carbocycles. The first kappa shape index (κ1) is 17.2. The summed E-state index contributed by atoms with van der Waals surface area (Å²) in [6, 6.07) is 10.2. The molecule has 1 atom stereocenters. The van der Waals surface area contributed by atoms with Crippen LogP contribution in [-0.2, 0) is 12.7 Å². The Morgan fingerprint density at radius 2 is 1.83 bits per heavy atom. The lowest BCUT2D eigenvalue weighted by molar-refractivity contribution is -0.141. The van der Waals surface area contributed by atoms with Gasteiger partial charge in [0.15, 0.2) is 5.69 Å². The lowest BCUT2D eigenvalue weighted by Crippen LogP contribution is -2.34. The highest BCUT2D eigenvalue weighted by atomic mass is 19.4. The van der Waals surface area contributed by atoms with Crippen molar-refractivity contribution in [1.29, 1.82) is 0 Å². The fraction of sp³-hybridized carbons (Fsp3) is 0.375. The van der Waals surface area contributed by atoms with Crippen molar-refractivity contribution >= 4 is 5.82 Å². The maximum atomic E-state index is 12.4. The molecule has 0 bridgehead atoms. The molecule has 1 N–H and O–H groups in total. The Morgan fingerprint density at radius 3 is 2.39 bits per heavy atom. The Labute approximate surface area is 133 Å². The average Bonchev–Trinajstić information content (AvgIpc) is 2.53. The standard InChI is InChI=1S/C16H19F3N4/c1-12(23(2)11-13-6-4-3-5-7-13)8-21-15-10-20-14(9-22-15)16(17,18)19/h3-7,9-10,12H,8,11H2,1-2H3,(H,21,22)/t12-/m0/s1. The third-order valence-corrected chi connectivity index (χ3v) is 3.55. The molecule has 124 valence electrons. The highest BCUT2D eigenvalue weighted by Crippen LogP contribution is 2.26. The first-order valence-electron chi connectivity index (χ1n) is 7.23. The second-order valence-electron chi connectivity index (χ2n) is 5.42. The molecule has 0 unspecified atom stereocenters. The monoisotopic (exact) mass is 324 g/mol. The number of hydrogen-bond acceptors (Lipinski definition) is 4. The number of anilines is 1. The zero-order valence-electron chi connectivity index (χ0n) is 13.0. The van der Waals surface area contributed by atoms with Crippen molar-refractivity contribution in [2.45, 2.75) is 25.7 Å². The zero-order chi connectivity index (χ0) is 16.9. The Morgan fingerprint density at radius 1 is 1.13 bits per heavy atom. The van der Waals surface area contributed by atoms with E-state index >= 15 is 0 Å². The minimum Gasteiger partial charge on any atom is -0.367 e. The molecular weight excluding hydrogens is 305 g/mol. The lowest BCUT2D eigenvalue weighted by Gasteiger charge is -2.25. The van der Waals surface area contributed by atoms with Crippen LogP contribution in [0.5, 0.6) is 0 Å². The number of halogens is 3. The van der Waals surface area contributed by atoms with Gasteiger partial charge in [-0.15, -0.1) is 0 Å². The van der Waals surface area contributed by atoms with Crippen LogP contribution in [0.4, 0.5) is 19.0 Å². The van der Waals surface area contributed by atoms with E-state index in [1.807, 2.05) is 32.2 Å². The predicted molar refractivity (Wildman–Crippen MR) is 82.9 cm³/mol. The summed E-state index contributed by atoms with van der Waals surface area (Å²) in [6.07, 6.45) is -2.62. The van der Waals surface area contributed by atoms with Crippen molar-refractivity contribution in [2.24, 2.45) is 0 Å². The SMILES string of the molecule is C[C@@H](CNc1cnc(C(F)(F)F)cn1)N(C)Cc1ccccc1. The van der Waals surface area contributed by atoms with E-state index in [0.717, 1.165) is 18.9 Å². The third-order valence-electron chi connectivity index (χ3n) is 3.55. The van der Waals surface area contributed by atoms with Crippen molar-refractivity contribution in [3.8, 4) is 0 Å². The summed E-state index contributed by atoms with van der Waals surface area (Å²) in [5.41, 5.74) is 0.216. The summed E-state index contributed by atoms with van der Waals surface area (Å²) < 4.78 is 37.3. The molecule has 0 radical (unpaired) electrons. The molecule has 23 heavy (non-hydrogen) atoms. The van der Waals surface area contributed by atoms with Gasteiger partial charge in [-0.2, -0.15) is 13.2 Å². The van der Waals surface area contributed by atoms with Crippen LogP contribution in [0.25, 0.3) is 0 Å². The molecule has 1 aromatic heterocycles. The molecule has 0 saturated carbocycles. The average molecular weight is 324 g/mol. The maximum Gasteiger partial charge on any atom is 0.434 e. The van der Waals surface area contributed by atoms with Gasteiger partial charge in [0.25, 0.3) is 0 Å². The van der Waals surface area contributed by atoms with Gasteiger partial charge in [0.05, 0.1) is 12.4 Å². The van der Waals surface area contributed by atoms with Crippen molar-refractivity contribution in [1.82, 2.24) is 14.9 Å². The van der Waals surface area contributed by atoms with E-state index in [1.54, 1.807) is 0 Å². The van der Waals surface area contributed by atoms with Crippen molar-refractivity contribution < 1.29 is 13.2 Å². The molecule has 2 rings (SSSR count). The minimum atomic E-state index is -4.46. The minimum absolute atomic E-state index is 0.180. The van der Waals surface area contributed by atoms with E-state index in [9.17, 15) is 13.2 Å². The third kappa shape index (κ3) is 5.21. The second-order valence-corrected chi connectivity index (χ2v) is 5.42. The van der Waals surface area contributed by atoms with Gasteiger partial charge in [-0.05, 0) is 19.5 Å². The molecule has 0 amide bonds. The van der Waals surface area contributed by atoms with Crippen LogP contribution in [0.1, 0.15) is 18.2 Å².